The normalized spacial score (nSPS) is 15.9. The summed E-state index contributed by atoms with van der Waals surface area (Å²) in [4.78, 5) is 41.4. The van der Waals surface area contributed by atoms with Gasteiger partial charge in [0.05, 0.1) is 5.69 Å². The third-order valence-electron chi connectivity index (χ3n) is 5.13. The van der Waals surface area contributed by atoms with Crippen molar-refractivity contribution in [1.82, 2.24) is 0 Å². The van der Waals surface area contributed by atoms with Gasteiger partial charge in [-0.05, 0) is 42.8 Å². The van der Waals surface area contributed by atoms with Crippen LogP contribution in [0.2, 0.25) is 0 Å². The van der Waals surface area contributed by atoms with E-state index in [0.717, 1.165) is 35.0 Å². The summed E-state index contributed by atoms with van der Waals surface area (Å²) >= 11 is 1.75. The Morgan fingerprint density at radius 1 is 1.00 bits per heavy atom. The van der Waals surface area contributed by atoms with Crippen LogP contribution in [0.15, 0.2) is 53.4 Å². The number of hydrogen-bond donors (Lipinski definition) is 1. The fourth-order valence-electron chi connectivity index (χ4n) is 3.65. The molecule has 7 heteroatoms. The summed E-state index contributed by atoms with van der Waals surface area (Å²) in [5, 5.41) is 2.83. The molecule has 2 aliphatic heterocycles. The van der Waals surface area contributed by atoms with Gasteiger partial charge in [0.2, 0.25) is 17.7 Å². The molecular formula is C22H23N3O3S. The molecule has 0 aromatic heterocycles. The molecule has 0 radical (unpaired) electrons. The second kappa shape index (κ2) is 8.69. The van der Waals surface area contributed by atoms with Crippen LogP contribution >= 0.6 is 11.8 Å². The number of fused-ring (bicyclic) bond motifs is 1. The topological polar surface area (TPSA) is 69.7 Å². The number of para-hydroxylation sites is 1. The Hall–Kier alpha value is -2.80. The summed E-state index contributed by atoms with van der Waals surface area (Å²) in [7, 11) is 0. The maximum absolute atomic E-state index is 12.6. The van der Waals surface area contributed by atoms with Crippen LogP contribution in [-0.2, 0) is 14.4 Å². The van der Waals surface area contributed by atoms with Crippen LogP contribution < -0.4 is 15.1 Å². The highest BCUT2D eigenvalue weighted by atomic mass is 32.2. The van der Waals surface area contributed by atoms with E-state index in [9.17, 15) is 14.4 Å². The largest absolute Gasteiger partial charge is 0.326 e. The average molecular weight is 410 g/mol. The van der Waals surface area contributed by atoms with Gasteiger partial charge >= 0.3 is 0 Å². The van der Waals surface area contributed by atoms with Gasteiger partial charge in [-0.1, -0.05) is 12.1 Å². The van der Waals surface area contributed by atoms with Crippen LogP contribution in [0.4, 0.5) is 17.1 Å². The SMILES string of the molecule is O=C(CCC(=O)N1CCSc2ccccc21)Nc1ccc(N2CCCC2=O)cc1. The molecule has 1 saturated heterocycles. The molecule has 4 rings (SSSR count). The molecule has 3 amide bonds. The van der Waals surface area contributed by atoms with Gasteiger partial charge in [-0.15, -0.1) is 11.8 Å². The van der Waals surface area contributed by atoms with Gasteiger partial charge in [-0.3, -0.25) is 14.4 Å². The minimum Gasteiger partial charge on any atom is -0.326 e. The Labute approximate surface area is 174 Å². The van der Waals surface area contributed by atoms with E-state index in [1.807, 2.05) is 36.4 Å². The number of thioether (sulfide) groups is 1. The lowest BCUT2D eigenvalue weighted by Crippen LogP contribution is -2.35. The van der Waals surface area contributed by atoms with E-state index in [-0.39, 0.29) is 30.6 Å². The lowest BCUT2D eigenvalue weighted by molar-refractivity contribution is -0.122. The number of nitrogens with zero attached hydrogens (tertiary/aromatic N) is 2. The van der Waals surface area contributed by atoms with Crippen molar-refractivity contribution in [3.05, 3.63) is 48.5 Å². The molecule has 2 aromatic rings. The first-order chi connectivity index (χ1) is 14.1. The monoisotopic (exact) mass is 409 g/mol. The molecule has 29 heavy (non-hydrogen) atoms. The van der Waals surface area contributed by atoms with Gasteiger partial charge in [0, 0.05) is 54.4 Å². The number of amides is 3. The number of benzene rings is 2. The minimum atomic E-state index is -0.192. The average Bonchev–Trinajstić information content (AvgIpc) is 3.18. The summed E-state index contributed by atoms with van der Waals surface area (Å²) in [6, 6.07) is 15.1. The molecule has 0 atom stereocenters. The van der Waals surface area contributed by atoms with Crippen molar-refractivity contribution in [2.45, 2.75) is 30.6 Å². The third kappa shape index (κ3) is 4.45. The maximum atomic E-state index is 12.6. The second-order valence-corrected chi connectivity index (χ2v) is 8.24. The first kappa shape index (κ1) is 19.5. The van der Waals surface area contributed by atoms with Crippen LogP contribution in [0.5, 0.6) is 0 Å². The molecule has 0 saturated carbocycles. The molecule has 1 fully saturated rings. The van der Waals surface area contributed by atoms with Crippen molar-refractivity contribution in [1.29, 1.82) is 0 Å². The molecule has 2 aliphatic rings. The molecule has 0 unspecified atom stereocenters. The summed E-state index contributed by atoms with van der Waals surface area (Å²) in [6.45, 7) is 1.41. The highest BCUT2D eigenvalue weighted by molar-refractivity contribution is 7.99. The summed E-state index contributed by atoms with van der Waals surface area (Å²) in [5.74, 6) is 0.776. The number of rotatable bonds is 5. The quantitative estimate of drug-likeness (QED) is 0.818. The van der Waals surface area contributed by atoms with Gasteiger partial charge < -0.3 is 15.1 Å². The molecular weight excluding hydrogens is 386 g/mol. The van der Waals surface area contributed by atoms with E-state index in [1.165, 1.54) is 0 Å². The number of anilines is 3. The molecule has 6 nitrogen and oxygen atoms in total. The zero-order valence-corrected chi connectivity index (χ0v) is 16.9. The Morgan fingerprint density at radius 2 is 1.79 bits per heavy atom. The fourth-order valence-corrected chi connectivity index (χ4v) is 4.65. The van der Waals surface area contributed by atoms with Gasteiger partial charge in [-0.2, -0.15) is 0 Å². The van der Waals surface area contributed by atoms with E-state index in [0.29, 0.717) is 18.7 Å². The summed E-state index contributed by atoms with van der Waals surface area (Å²) in [5.41, 5.74) is 2.45. The van der Waals surface area contributed by atoms with Crippen LogP contribution in [0, 0.1) is 0 Å². The zero-order chi connectivity index (χ0) is 20.2. The van der Waals surface area contributed by atoms with Gasteiger partial charge in [0.25, 0.3) is 0 Å². The van der Waals surface area contributed by atoms with E-state index < -0.39 is 0 Å². The minimum absolute atomic E-state index is 0.0317. The van der Waals surface area contributed by atoms with Gasteiger partial charge in [-0.25, -0.2) is 0 Å². The molecule has 0 aliphatic carbocycles. The number of nitrogens with one attached hydrogen (secondary N) is 1. The Kier molecular flexibility index (Phi) is 5.85. The number of carbonyl (C=O) groups excluding carboxylic acids is 3. The predicted octanol–water partition coefficient (Wildman–Crippen LogP) is 3.67. The Balaban J connectivity index is 1.30. The summed E-state index contributed by atoms with van der Waals surface area (Å²) in [6.07, 6.45) is 1.78. The van der Waals surface area contributed by atoms with Crippen molar-refractivity contribution < 1.29 is 14.4 Å². The summed E-state index contributed by atoms with van der Waals surface area (Å²) < 4.78 is 0. The fraction of sp³-hybridized carbons (Fsp3) is 0.318. The van der Waals surface area contributed by atoms with Crippen LogP contribution in [0.1, 0.15) is 25.7 Å². The third-order valence-corrected chi connectivity index (χ3v) is 6.17. The van der Waals surface area contributed by atoms with Crippen molar-refractivity contribution in [2.24, 2.45) is 0 Å². The van der Waals surface area contributed by atoms with Crippen LogP contribution in [0.25, 0.3) is 0 Å². The predicted molar refractivity (Wildman–Crippen MR) is 115 cm³/mol. The molecule has 2 aromatic carbocycles. The number of hydrogen-bond acceptors (Lipinski definition) is 4. The Bertz CT molecular complexity index is 929. The smallest absolute Gasteiger partial charge is 0.227 e. The first-order valence-electron chi connectivity index (χ1n) is 9.84. The zero-order valence-electron chi connectivity index (χ0n) is 16.1. The van der Waals surface area contributed by atoms with Crippen molar-refractivity contribution >= 4 is 46.5 Å². The molecule has 2 heterocycles. The Morgan fingerprint density at radius 3 is 2.55 bits per heavy atom. The molecule has 0 bridgehead atoms. The van der Waals surface area contributed by atoms with Crippen molar-refractivity contribution in [3.63, 3.8) is 0 Å². The van der Waals surface area contributed by atoms with Crippen molar-refractivity contribution in [2.75, 3.05) is 34.0 Å². The van der Waals surface area contributed by atoms with Crippen molar-refractivity contribution in [3.8, 4) is 0 Å². The maximum Gasteiger partial charge on any atom is 0.227 e. The van der Waals surface area contributed by atoms with E-state index in [4.69, 9.17) is 0 Å². The lowest BCUT2D eigenvalue weighted by Gasteiger charge is -2.29. The second-order valence-electron chi connectivity index (χ2n) is 7.11. The lowest BCUT2D eigenvalue weighted by atomic mass is 10.2. The highest BCUT2D eigenvalue weighted by Crippen LogP contribution is 2.34. The first-order valence-corrected chi connectivity index (χ1v) is 10.8. The molecule has 1 N–H and O–H groups in total. The standard InChI is InChI=1S/C22H23N3O3S/c26-20(23-16-7-9-17(10-8-16)24-13-3-6-21(24)27)11-12-22(28)25-14-15-29-19-5-2-1-4-18(19)25/h1-2,4-5,7-10H,3,6,11-15H2,(H,23,26). The van der Waals surface area contributed by atoms with E-state index in [1.54, 1.807) is 33.7 Å². The van der Waals surface area contributed by atoms with Crippen LogP contribution in [0.3, 0.4) is 0 Å². The van der Waals surface area contributed by atoms with E-state index in [2.05, 4.69) is 5.32 Å². The molecule has 0 spiro atoms. The van der Waals surface area contributed by atoms with Crippen LogP contribution in [-0.4, -0.2) is 36.6 Å². The van der Waals surface area contributed by atoms with Gasteiger partial charge in [0.1, 0.15) is 0 Å². The number of carbonyl (C=O) groups is 3. The van der Waals surface area contributed by atoms with Gasteiger partial charge in [0.15, 0.2) is 0 Å². The van der Waals surface area contributed by atoms with E-state index >= 15 is 0 Å². The highest BCUT2D eigenvalue weighted by Gasteiger charge is 2.23. The molecule has 150 valence electrons.